The average Bonchev–Trinajstić information content (AvgIpc) is 1.67. The number of carbonyl (C=O) groups excluding carboxylic acids is 1. The Morgan fingerprint density at radius 3 is 2.22 bits per heavy atom. The zero-order valence-corrected chi connectivity index (χ0v) is 6.17. The van der Waals surface area contributed by atoms with Crippen molar-refractivity contribution >= 4 is 80.4 Å². The molecule has 1 atom stereocenters. The SMILES string of the molecule is CC(=O)C(Cl)CCCl.[KH]. The van der Waals surface area contributed by atoms with Crippen LogP contribution in [0, 0.1) is 0 Å². The monoisotopic (exact) mass is 194 g/mol. The third kappa shape index (κ3) is 7.79. The summed E-state index contributed by atoms with van der Waals surface area (Å²) in [6, 6.07) is 0. The number of alkyl halides is 2. The molecule has 0 N–H and O–H groups in total. The van der Waals surface area contributed by atoms with Gasteiger partial charge < -0.3 is 0 Å². The Morgan fingerprint density at radius 1 is 1.67 bits per heavy atom. The number of Topliss-reactive ketones (excluding diaryl/α,β-unsaturated/α-hetero) is 1. The summed E-state index contributed by atoms with van der Waals surface area (Å²) in [5, 5.41) is -0.382. The van der Waals surface area contributed by atoms with Gasteiger partial charge in [-0.3, -0.25) is 4.79 Å². The fraction of sp³-hybridized carbons (Fsp3) is 0.800. The Hall–Kier alpha value is 1.89. The topological polar surface area (TPSA) is 17.1 Å². The third-order valence-electron chi connectivity index (χ3n) is 0.804. The Labute approximate surface area is 108 Å². The molecule has 9 heavy (non-hydrogen) atoms. The molecular formula is C5H9Cl2KO. The van der Waals surface area contributed by atoms with Crippen molar-refractivity contribution in [1.29, 1.82) is 0 Å². The van der Waals surface area contributed by atoms with Gasteiger partial charge in [0.15, 0.2) is 0 Å². The maximum atomic E-state index is 10.3. The molecule has 0 saturated carbocycles. The van der Waals surface area contributed by atoms with Crippen LogP contribution in [0.3, 0.4) is 0 Å². The van der Waals surface area contributed by atoms with Crippen LogP contribution in [0.15, 0.2) is 0 Å². The van der Waals surface area contributed by atoms with Gasteiger partial charge in [0.25, 0.3) is 0 Å². The maximum absolute atomic E-state index is 10.3. The van der Waals surface area contributed by atoms with Gasteiger partial charge in [0.1, 0.15) is 5.78 Å². The molecule has 0 aromatic rings. The van der Waals surface area contributed by atoms with Crippen LogP contribution >= 0.6 is 23.2 Å². The number of ketones is 1. The molecule has 1 nitrogen and oxygen atoms in total. The molecule has 4 heteroatoms. The summed E-state index contributed by atoms with van der Waals surface area (Å²) in [6.45, 7) is 1.46. The number of hydrogen-bond acceptors (Lipinski definition) is 1. The fourth-order valence-corrected chi connectivity index (χ4v) is 0.738. The molecule has 1 unspecified atom stereocenters. The fourth-order valence-electron chi connectivity index (χ4n) is 0.299. The van der Waals surface area contributed by atoms with Crippen molar-refractivity contribution in [2.24, 2.45) is 0 Å². The third-order valence-corrected chi connectivity index (χ3v) is 1.55. The summed E-state index contributed by atoms with van der Waals surface area (Å²) in [6.07, 6.45) is 0.568. The second-order valence-electron chi connectivity index (χ2n) is 1.56. The molecule has 0 amide bonds. The van der Waals surface area contributed by atoms with Crippen molar-refractivity contribution in [2.75, 3.05) is 5.88 Å². The van der Waals surface area contributed by atoms with Gasteiger partial charge in [0.05, 0.1) is 5.38 Å². The molecule has 0 aromatic carbocycles. The van der Waals surface area contributed by atoms with Crippen LogP contribution in [0.1, 0.15) is 13.3 Å². The van der Waals surface area contributed by atoms with E-state index in [1.54, 1.807) is 0 Å². The Balaban J connectivity index is 0. The van der Waals surface area contributed by atoms with E-state index in [9.17, 15) is 4.79 Å². The molecule has 0 saturated heterocycles. The standard InChI is InChI=1S/C5H8Cl2O.K.H/c1-4(8)5(7)2-3-6;;/h5H,2-3H2,1H3;;. The van der Waals surface area contributed by atoms with Gasteiger partial charge in [0.2, 0.25) is 0 Å². The van der Waals surface area contributed by atoms with E-state index in [-0.39, 0.29) is 62.5 Å². The van der Waals surface area contributed by atoms with E-state index in [4.69, 9.17) is 23.2 Å². The van der Waals surface area contributed by atoms with E-state index < -0.39 is 0 Å². The second kappa shape index (κ2) is 7.99. The Kier molecular flexibility index (Phi) is 12.0. The van der Waals surface area contributed by atoms with Crippen LogP contribution < -0.4 is 0 Å². The molecule has 0 bridgehead atoms. The molecule has 0 aromatic heterocycles. The average molecular weight is 195 g/mol. The first kappa shape index (κ1) is 13.5. The van der Waals surface area contributed by atoms with Gasteiger partial charge >= 0.3 is 51.4 Å². The van der Waals surface area contributed by atoms with Crippen LogP contribution in [0.2, 0.25) is 0 Å². The van der Waals surface area contributed by atoms with Gasteiger partial charge in [-0.05, 0) is 13.3 Å². The van der Waals surface area contributed by atoms with Crippen molar-refractivity contribution in [3.8, 4) is 0 Å². The minimum atomic E-state index is -0.382. The van der Waals surface area contributed by atoms with E-state index in [2.05, 4.69) is 0 Å². The van der Waals surface area contributed by atoms with E-state index >= 15 is 0 Å². The zero-order valence-electron chi connectivity index (χ0n) is 4.66. The molecule has 0 heterocycles. The molecule has 50 valence electrons. The summed E-state index contributed by atoms with van der Waals surface area (Å²) in [5.41, 5.74) is 0. The van der Waals surface area contributed by atoms with Gasteiger partial charge in [-0.15, -0.1) is 23.2 Å². The van der Waals surface area contributed by atoms with Crippen molar-refractivity contribution in [1.82, 2.24) is 0 Å². The number of hydrogen-bond donors (Lipinski definition) is 0. The molecule has 0 aliphatic heterocycles. The van der Waals surface area contributed by atoms with E-state index in [0.717, 1.165) is 0 Å². The Bertz CT molecular complexity index is 87.0. The Morgan fingerprint density at radius 2 is 2.11 bits per heavy atom. The second-order valence-corrected chi connectivity index (χ2v) is 2.46. The number of rotatable bonds is 3. The van der Waals surface area contributed by atoms with Gasteiger partial charge in [-0.2, -0.15) is 0 Å². The van der Waals surface area contributed by atoms with Crippen molar-refractivity contribution in [3.05, 3.63) is 0 Å². The van der Waals surface area contributed by atoms with E-state index in [0.29, 0.717) is 12.3 Å². The normalized spacial score (nSPS) is 11.9. The predicted molar refractivity (Wildman–Crippen MR) is 42.8 cm³/mol. The first-order valence-corrected chi connectivity index (χ1v) is 3.36. The van der Waals surface area contributed by atoms with Crippen molar-refractivity contribution < 1.29 is 4.79 Å². The van der Waals surface area contributed by atoms with Crippen LogP contribution in [0.25, 0.3) is 0 Å². The molecule has 0 spiro atoms. The van der Waals surface area contributed by atoms with E-state index in [1.165, 1.54) is 6.92 Å². The molecule has 0 radical (unpaired) electrons. The van der Waals surface area contributed by atoms with Crippen LogP contribution in [0.5, 0.6) is 0 Å². The summed E-state index contributed by atoms with van der Waals surface area (Å²) >= 11 is 10.8. The minimum absolute atomic E-state index is 0. The first-order valence-electron chi connectivity index (χ1n) is 2.39. The van der Waals surface area contributed by atoms with Crippen LogP contribution in [-0.4, -0.2) is 68.4 Å². The van der Waals surface area contributed by atoms with Gasteiger partial charge in [0, 0.05) is 5.88 Å². The molecule has 0 fully saturated rings. The summed E-state index contributed by atoms with van der Waals surface area (Å²) in [7, 11) is 0. The van der Waals surface area contributed by atoms with Crippen LogP contribution in [-0.2, 0) is 4.79 Å². The van der Waals surface area contributed by atoms with Crippen LogP contribution in [0.4, 0.5) is 0 Å². The summed E-state index contributed by atoms with van der Waals surface area (Å²) < 4.78 is 0. The first-order chi connectivity index (χ1) is 3.68. The van der Waals surface area contributed by atoms with Gasteiger partial charge in [-0.25, -0.2) is 0 Å². The zero-order chi connectivity index (χ0) is 6.57. The summed E-state index contributed by atoms with van der Waals surface area (Å²) in [5.74, 6) is 0.445. The molecule has 0 rings (SSSR count). The predicted octanol–water partition coefficient (Wildman–Crippen LogP) is 1.16. The van der Waals surface area contributed by atoms with Crippen molar-refractivity contribution in [2.45, 2.75) is 18.7 Å². The van der Waals surface area contributed by atoms with Crippen molar-refractivity contribution in [3.63, 3.8) is 0 Å². The summed E-state index contributed by atoms with van der Waals surface area (Å²) in [4.78, 5) is 10.3. The number of carbonyl (C=O) groups is 1. The molecule has 0 aliphatic carbocycles. The van der Waals surface area contributed by atoms with E-state index in [1.807, 2.05) is 0 Å². The number of halogens is 2. The molecular weight excluding hydrogens is 186 g/mol. The van der Waals surface area contributed by atoms with Gasteiger partial charge in [-0.1, -0.05) is 0 Å². The quantitative estimate of drug-likeness (QED) is 0.488. The molecule has 0 aliphatic rings.